The molecule has 3 nitrogen and oxygen atoms in total. The van der Waals surface area contributed by atoms with Gasteiger partial charge in [0.25, 0.3) is 0 Å². The molecule has 0 aliphatic rings. The number of nitrogens with zero attached hydrogens (tertiary/aromatic N) is 1. The van der Waals surface area contributed by atoms with E-state index in [1.165, 1.54) is 12.1 Å². The third-order valence-electron chi connectivity index (χ3n) is 2.50. The van der Waals surface area contributed by atoms with E-state index < -0.39 is 17.7 Å². The number of aromatic nitrogens is 1. The van der Waals surface area contributed by atoms with E-state index in [1.54, 1.807) is 0 Å². The van der Waals surface area contributed by atoms with E-state index >= 15 is 0 Å². The molecule has 0 saturated carbocycles. The summed E-state index contributed by atoms with van der Waals surface area (Å²) in [4.78, 5) is 15.3. The molecule has 0 fully saturated rings. The van der Waals surface area contributed by atoms with E-state index in [0.717, 1.165) is 19.2 Å². The van der Waals surface area contributed by atoms with Crippen molar-refractivity contribution >= 4 is 28.5 Å². The highest BCUT2D eigenvalue weighted by atomic mass is 35.5. The number of hydrogen-bond donors (Lipinski definition) is 0. The second kappa shape index (κ2) is 4.70. The fourth-order valence-electron chi connectivity index (χ4n) is 1.58. The zero-order valence-electron chi connectivity index (χ0n) is 9.58. The van der Waals surface area contributed by atoms with E-state index in [2.05, 4.69) is 9.72 Å². The molecule has 0 bridgehead atoms. The Morgan fingerprint density at radius 1 is 1.32 bits per heavy atom. The number of fused-ring (bicyclic) bond motifs is 1. The molecular weight excluding hydrogens is 283 g/mol. The van der Waals surface area contributed by atoms with Crippen LogP contribution in [0.25, 0.3) is 10.9 Å². The van der Waals surface area contributed by atoms with Gasteiger partial charge in [-0.1, -0.05) is 11.6 Å². The lowest BCUT2D eigenvalue weighted by molar-refractivity contribution is -0.137. The van der Waals surface area contributed by atoms with Crippen LogP contribution in [0.15, 0.2) is 24.3 Å². The van der Waals surface area contributed by atoms with Crippen molar-refractivity contribution in [2.24, 2.45) is 0 Å². The van der Waals surface area contributed by atoms with Crippen LogP contribution in [-0.4, -0.2) is 18.1 Å². The summed E-state index contributed by atoms with van der Waals surface area (Å²) in [7, 11) is 1.15. The summed E-state index contributed by atoms with van der Waals surface area (Å²) < 4.78 is 42.2. The Morgan fingerprint density at radius 3 is 2.58 bits per heavy atom. The zero-order chi connectivity index (χ0) is 14.2. The van der Waals surface area contributed by atoms with E-state index in [-0.39, 0.29) is 21.6 Å². The summed E-state index contributed by atoms with van der Waals surface area (Å²) in [5.41, 5.74) is -0.624. The van der Waals surface area contributed by atoms with E-state index in [0.29, 0.717) is 0 Å². The fourth-order valence-corrected chi connectivity index (χ4v) is 1.81. The fraction of sp³-hybridized carbons (Fsp3) is 0.167. The van der Waals surface area contributed by atoms with Crippen LogP contribution in [0, 0.1) is 0 Å². The molecule has 0 aliphatic heterocycles. The number of pyridine rings is 1. The minimum absolute atomic E-state index is 0.0732. The van der Waals surface area contributed by atoms with Crippen molar-refractivity contribution in [1.29, 1.82) is 0 Å². The van der Waals surface area contributed by atoms with Crippen molar-refractivity contribution in [2.75, 3.05) is 7.11 Å². The normalized spacial score (nSPS) is 11.6. The molecular formula is C12H7ClF3NO2. The summed E-state index contributed by atoms with van der Waals surface area (Å²) in [5.74, 6) is -0.753. The SMILES string of the molecule is COC(=O)c1cc2cc(C(F)(F)F)ccc2nc1Cl. The largest absolute Gasteiger partial charge is 0.465 e. The van der Waals surface area contributed by atoms with Crippen molar-refractivity contribution in [3.05, 3.63) is 40.5 Å². The highest BCUT2D eigenvalue weighted by Crippen LogP contribution is 2.32. The Balaban J connectivity index is 2.65. The number of esters is 1. The number of alkyl halides is 3. The lowest BCUT2D eigenvalue weighted by atomic mass is 10.1. The summed E-state index contributed by atoms with van der Waals surface area (Å²) in [6, 6.07) is 4.24. The molecule has 0 spiro atoms. The first-order valence-electron chi connectivity index (χ1n) is 5.09. The highest BCUT2D eigenvalue weighted by Gasteiger charge is 2.30. The van der Waals surface area contributed by atoms with Crippen molar-refractivity contribution in [3.8, 4) is 0 Å². The molecule has 2 aromatic rings. The molecule has 1 aromatic heterocycles. The molecule has 0 unspecified atom stereocenters. The van der Waals surface area contributed by atoms with Crippen LogP contribution in [-0.2, 0) is 10.9 Å². The van der Waals surface area contributed by atoms with Crippen LogP contribution in [0.3, 0.4) is 0 Å². The van der Waals surface area contributed by atoms with Crippen LogP contribution < -0.4 is 0 Å². The molecule has 0 atom stereocenters. The van der Waals surface area contributed by atoms with Gasteiger partial charge in [-0.05, 0) is 24.3 Å². The third-order valence-corrected chi connectivity index (χ3v) is 2.79. The first-order valence-corrected chi connectivity index (χ1v) is 5.46. The van der Waals surface area contributed by atoms with Gasteiger partial charge in [0.1, 0.15) is 5.15 Å². The van der Waals surface area contributed by atoms with Crippen molar-refractivity contribution in [2.45, 2.75) is 6.18 Å². The molecule has 0 N–H and O–H groups in total. The number of ether oxygens (including phenoxy) is 1. The Bertz CT molecular complexity index is 655. The van der Waals surface area contributed by atoms with E-state index in [1.807, 2.05) is 0 Å². The van der Waals surface area contributed by atoms with Crippen LogP contribution in [0.1, 0.15) is 15.9 Å². The predicted octanol–water partition coefficient (Wildman–Crippen LogP) is 3.69. The highest BCUT2D eigenvalue weighted by molar-refractivity contribution is 6.32. The molecule has 0 amide bonds. The summed E-state index contributed by atoms with van der Waals surface area (Å²) in [6.45, 7) is 0. The third kappa shape index (κ3) is 2.63. The molecule has 19 heavy (non-hydrogen) atoms. The Morgan fingerprint density at radius 2 is 2.00 bits per heavy atom. The lowest BCUT2D eigenvalue weighted by Crippen LogP contribution is -2.06. The average molecular weight is 290 g/mol. The monoisotopic (exact) mass is 289 g/mol. The number of rotatable bonds is 1. The first-order chi connectivity index (χ1) is 8.82. The predicted molar refractivity (Wildman–Crippen MR) is 63.1 cm³/mol. The average Bonchev–Trinajstić information content (AvgIpc) is 2.35. The van der Waals surface area contributed by atoms with E-state index in [9.17, 15) is 18.0 Å². The molecule has 2 rings (SSSR count). The second-order valence-electron chi connectivity index (χ2n) is 3.72. The zero-order valence-corrected chi connectivity index (χ0v) is 10.3. The molecule has 7 heteroatoms. The lowest BCUT2D eigenvalue weighted by Gasteiger charge is -2.09. The summed E-state index contributed by atoms with van der Waals surface area (Å²) in [6.07, 6.45) is -4.46. The van der Waals surface area contributed by atoms with Crippen LogP contribution in [0.2, 0.25) is 5.15 Å². The summed E-state index contributed by atoms with van der Waals surface area (Å²) >= 11 is 5.77. The van der Waals surface area contributed by atoms with Crippen LogP contribution in [0.5, 0.6) is 0 Å². The number of hydrogen-bond acceptors (Lipinski definition) is 3. The first kappa shape index (κ1) is 13.6. The Kier molecular flexibility index (Phi) is 3.36. The van der Waals surface area contributed by atoms with Crippen LogP contribution >= 0.6 is 11.6 Å². The van der Waals surface area contributed by atoms with Gasteiger partial charge in [-0.15, -0.1) is 0 Å². The van der Waals surface area contributed by atoms with Gasteiger partial charge in [0.15, 0.2) is 0 Å². The Labute approximate surface area is 111 Å². The minimum Gasteiger partial charge on any atom is -0.465 e. The molecule has 100 valence electrons. The van der Waals surface area contributed by atoms with Crippen LogP contribution in [0.4, 0.5) is 13.2 Å². The van der Waals surface area contributed by atoms with Gasteiger partial charge in [-0.2, -0.15) is 13.2 Å². The number of carbonyl (C=O) groups excluding carboxylic acids is 1. The van der Waals surface area contributed by atoms with Gasteiger partial charge >= 0.3 is 12.1 Å². The van der Waals surface area contributed by atoms with Crippen molar-refractivity contribution in [1.82, 2.24) is 4.98 Å². The van der Waals surface area contributed by atoms with E-state index in [4.69, 9.17) is 11.6 Å². The van der Waals surface area contributed by atoms with Gasteiger partial charge in [0, 0.05) is 5.39 Å². The Hall–Kier alpha value is -1.82. The number of carbonyl (C=O) groups is 1. The number of halogens is 4. The number of methoxy groups -OCH3 is 1. The van der Waals surface area contributed by atoms with Gasteiger partial charge in [-0.3, -0.25) is 0 Å². The quantitative estimate of drug-likeness (QED) is 0.593. The molecule has 1 aromatic carbocycles. The van der Waals surface area contributed by atoms with Gasteiger partial charge < -0.3 is 4.74 Å². The van der Waals surface area contributed by atoms with Crippen molar-refractivity contribution in [3.63, 3.8) is 0 Å². The summed E-state index contributed by atoms with van der Waals surface area (Å²) in [5, 5.41) is 0.0544. The standard InChI is InChI=1S/C12H7ClF3NO2/c1-19-11(18)8-5-6-4-7(12(14,15)16)2-3-9(6)17-10(8)13/h2-5H,1H3. The number of benzene rings is 1. The van der Waals surface area contributed by atoms with Gasteiger partial charge in [0.05, 0.1) is 23.8 Å². The van der Waals surface area contributed by atoms with Crippen molar-refractivity contribution < 1.29 is 22.7 Å². The smallest absolute Gasteiger partial charge is 0.416 e. The molecule has 0 radical (unpaired) electrons. The second-order valence-corrected chi connectivity index (χ2v) is 4.08. The van der Waals surface area contributed by atoms with Gasteiger partial charge in [0.2, 0.25) is 0 Å². The van der Waals surface area contributed by atoms with Gasteiger partial charge in [-0.25, -0.2) is 9.78 Å². The topological polar surface area (TPSA) is 39.2 Å². The maximum atomic E-state index is 12.6. The maximum Gasteiger partial charge on any atom is 0.416 e. The minimum atomic E-state index is -4.46. The molecule has 0 saturated heterocycles. The molecule has 1 heterocycles. The molecule has 0 aliphatic carbocycles. The maximum absolute atomic E-state index is 12.6.